The van der Waals surface area contributed by atoms with Gasteiger partial charge in [-0.1, -0.05) is 6.92 Å². The minimum Gasteiger partial charge on any atom is -0.503 e. The van der Waals surface area contributed by atoms with Crippen LogP contribution in [0.1, 0.15) is 50.3 Å². The number of aliphatic imine (C=N–C) groups is 1. The molecular formula is C23H31FN2O5. The number of esters is 1. The fourth-order valence-corrected chi connectivity index (χ4v) is 3.31. The van der Waals surface area contributed by atoms with Crippen molar-refractivity contribution in [3.8, 4) is 0 Å². The zero-order valence-electron chi connectivity index (χ0n) is 19.1. The van der Waals surface area contributed by atoms with Crippen LogP contribution in [0.5, 0.6) is 0 Å². The third kappa shape index (κ3) is 6.41. The molecule has 1 rings (SSSR count). The Hall–Kier alpha value is -3.16. The van der Waals surface area contributed by atoms with E-state index in [2.05, 4.69) is 17.0 Å². The molecule has 1 aromatic rings. The van der Waals surface area contributed by atoms with Gasteiger partial charge in [-0.3, -0.25) is 9.79 Å². The highest BCUT2D eigenvalue weighted by atomic mass is 19.1. The van der Waals surface area contributed by atoms with Gasteiger partial charge < -0.3 is 19.9 Å². The quantitative estimate of drug-likeness (QED) is 0.201. The Labute approximate surface area is 182 Å². The summed E-state index contributed by atoms with van der Waals surface area (Å²) in [6.07, 6.45) is 0.923. The lowest BCUT2D eigenvalue weighted by atomic mass is 9.88. The Morgan fingerprint density at radius 3 is 2.23 bits per heavy atom. The maximum absolute atomic E-state index is 13.6. The van der Waals surface area contributed by atoms with Crippen molar-refractivity contribution in [2.75, 3.05) is 7.11 Å². The first-order valence-corrected chi connectivity index (χ1v) is 9.87. The predicted octanol–water partition coefficient (Wildman–Crippen LogP) is 4.00. The second-order valence-corrected chi connectivity index (χ2v) is 7.29. The van der Waals surface area contributed by atoms with Crippen molar-refractivity contribution < 1.29 is 28.6 Å². The van der Waals surface area contributed by atoms with Gasteiger partial charge in [0.05, 0.1) is 7.11 Å². The molecule has 1 aromatic carbocycles. The SMILES string of the molecule is C=N/C(C(=O)N[C@@H](C)C(=O)OC(C)C(C)c1c(C)cc(F)cc1C)=C(O)\C(=C/C)OC. The van der Waals surface area contributed by atoms with Gasteiger partial charge >= 0.3 is 5.97 Å². The highest BCUT2D eigenvalue weighted by Gasteiger charge is 2.27. The second kappa shape index (κ2) is 11.3. The summed E-state index contributed by atoms with van der Waals surface area (Å²) in [4.78, 5) is 28.5. The molecule has 0 fully saturated rings. The van der Waals surface area contributed by atoms with Gasteiger partial charge in [-0.05, 0) is 76.2 Å². The van der Waals surface area contributed by atoms with Crippen molar-refractivity contribution in [2.24, 2.45) is 4.99 Å². The molecule has 1 amide bonds. The van der Waals surface area contributed by atoms with E-state index in [4.69, 9.17) is 9.47 Å². The Bertz CT molecular complexity index is 884. The molecule has 0 bridgehead atoms. The van der Waals surface area contributed by atoms with E-state index in [0.29, 0.717) is 0 Å². The largest absolute Gasteiger partial charge is 0.503 e. The van der Waals surface area contributed by atoms with E-state index in [1.807, 2.05) is 6.92 Å². The summed E-state index contributed by atoms with van der Waals surface area (Å²) < 4.78 is 24.1. The van der Waals surface area contributed by atoms with Crippen molar-refractivity contribution in [3.05, 3.63) is 57.9 Å². The first kappa shape index (κ1) is 25.9. The second-order valence-electron chi connectivity index (χ2n) is 7.29. The summed E-state index contributed by atoms with van der Waals surface area (Å²) in [5.74, 6) is -2.43. The van der Waals surface area contributed by atoms with Crippen molar-refractivity contribution >= 4 is 18.6 Å². The number of aliphatic hydroxyl groups excluding tert-OH is 1. The molecule has 3 atom stereocenters. The van der Waals surface area contributed by atoms with Crippen LogP contribution in [0, 0.1) is 19.7 Å². The van der Waals surface area contributed by atoms with Crippen LogP contribution in [0.25, 0.3) is 0 Å². The molecule has 0 aliphatic rings. The van der Waals surface area contributed by atoms with Crippen molar-refractivity contribution in [1.29, 1.82) is 0 Å². The molecule has 0 aromatic heterocycles. The van der Waals surface area contributed by atoms with Crippen molar-refractivity contribution in [1.82, 2.24) is 5.32 Å². The zero-order valence-corrected chi connectivity index (χ0v) is 19.1. The molecule has 0 spiro atoms. The molecule has 0 radical (unpaired) electrons. The minimum absolute atomic E-state index is 0.0419. The number of ether oxygens (including phenoxy) is 2. The lowest BCUT2D eigenvalue weighted by Crippen LogP contribution is -2.42. The molecule has 0 heterocycles. The van der Waals surface area contributed by atoms with E-state index >= 15 is 0 Å². The van der Waals surface area contributed by atoms with Gasteiger partial charge in [-0.2, -0.15) is 0 Å². The highest BCUT2D eigenvalue weighted by molar-refractivity contribution is 5.97. The monoisotopic (exact) mass is 434 g/mol. The summed E-state index contributed by atoms with van der Waals surface area (Å²) in [5.41, 5.74) is 2.07. The molecule has 0 aliphatic heterocycles. The molecule has 0 saturated carbocycles. The summed E-state index contributed by atoms with van der Waals surface area (Å²) in [7, 11) is 1.33. The average Bonchev–Trinajstić information content (AvgIpc) is 2.68. The summed E-state index contributed by atoms with van der Waals surface area (Å²) in [5, 5.41) is 12.6. The first-order chi connectivity index (χ1) is 14.5. The third-order valence-corrected chi connectivity index (χ3v) is 5.03. The van der Waals surface area contributed by atoms with Gasteiger partial charge in [0.1, 0.15) is 18.0 Å². The van der Waals surface area contributed by atoms with Crippen LogP contribution in [0.15, 0.2) is 40.4 Å². The van der Waals surface area contributed by atoms with Crippen LogP contribution >= 0.6 is 0 Å². The Balaban J connectivity index is 2.91. The number of aliphatic hydroxyl groups is 1. The van der Waals surface area contributed by atoms with Crippen molar-refractivity contribution in [3.63, 3.8) is 0 Å². The lowest BCUT2D eigenvalue weighted by molar-refractivity contribution is -0.152. The molecule has 8 heteroatoms. The molecular weight excluding hydrogens is 403 g/mol. The van der Waals surface area contributed by atoms with E-state index in [1.54, 1.807) is 27.7 Å². The molecule has 31 heavy (non-hydrogen) atoms. The first-order valence-electron chi connectivity index (χ1n) is 9.87. The number of nitrogens with zero attached hydrogens (tertiary/aromatic N) is 1. The van der Waals surface area contributed by atoms with Crippen molar-refractivity contribution in [2.45, 2.75) is 59.6 Å². The maximum atomic E-state index is 13.6. The topological polar surface area (TPSA) is 97.2 Å². The summed E-state index contributed by atoms with van der Waals surface area (Å²) >= 11 is 0. The minimum atomic E-state index is -1.02. The molecule has 7 nitrogen and oxygen atoms in total. The molecule has 0 aliphatic carbocycles. The number of amides is 1. The Morgan fingerprint density at radius 1 is 1.23 bits per heavy atom. The van der Waals surface area contributed by atoms with Gasteiger partial charge in [0.15, 0.2) is 17.2 Å². The number of carbonyl (C=O) groups is 2. The smallest absolute Gasteiger partial charge is 0.328 e. The normalized spacial score (nSPS) is 15.3. The summed E-state index contributed by atoms with van der Waals surface area (Å²) in [6, 6.07) is 1.87. The fraction of sp³-hybridized carbons (Fsp3) is 0.435. The van der Waals surface area contributed by atoms with Gasteiger partial charge in [0, 0.05) is 5.92 Å². The van der Waals surface area contributed by atoms with Gasteiger partial charge in [0.25, 0.3) is 5.91 Å². The van der Waals surface area contributed by atoms with Crippen LogP contribution < -0.4 is 5.32 Å². The number of halogens is 1. The van der Waals surface area contributed by atoms with Crippen LogP contribution in [-0.4, -0.2) is 43.0 Å². The van der Waals surface area contributed by atoms with E-state index < -0.39 is 29.8 Å². The van der Waals surface area contributed by atoms with Crippen LogP contribution in [0.2, 0.25) is 0 Å². The highest BCUT2D eigenvalue weighted by Crippen LogP contribution is 2.28. The maximum Gasteiger partial charge on any atom is 0.328 e. The number of allylic oxidation sites excluding steroid dienone is 1. The summed E-state index contributed by atoms with van der Waals surface area (Å²) in [6.45, 7) is 13.6. The molecule has 0 saturated heterocycles. The van der Waals surface area contributed by atoms with E-state index in [-0.39, 0.29) is 23.2 Å². The number of hydrogen-bond donors (Lipinski definition) is 2. The number of aryl methyl sites for hydroxylation is 2. The molecule has 170 valence electrons. The number of nitrogens with one attached hydrogen (secondary N) is 1. The molecule has 2 N–H and O–H groups in total. The number of carbonyl (C=O) groups excluding carboxylic acids is 2. The van der Waals surface area contributed by atoms with Crippen LogP contribution in [0.4, 0.5) is 4.39 Å². The van der Waals surface area contributed by atoms with Crippen LogP contribution in [-0.2, 0) is 19.1 Å². The van der Waals surface area contributed by atoms with E-state index in [0.717, 1.165) is 16.7 Å². The number of methoxy groups -OCH3 is 1. The zero-order chi connectivity index (χ0) is 23.9. The standard InChI is InChI=1S/C23H31FN2O5/c1-9-18(30-8)21(27)20(25-7)22(28)26-15(5)23(29)31-16(6)14(4)19-12(2)10-17(24)11-13(19)3/h9-11,14-16,27H,7H2,1-6,8H3,(H,26,28)/b18-9+,21-20+/t14?,15-,16?/m0/s1. The average molecular weight is 435 g/mol. The third-order valence-electron chi connectivity index (χ3n) is 5.03. The molecule has 2 unspecified atom stereocenters. The number of hydrogen-bond acceptors (Lipinski definition) is 6. The number of rotatable bonds is 9. The predicted molar refractivity (Wildman–Crippen MR) is 117 cm³/mol. The Morgan fingerprint density at radius 2 is 1.77 bits per heavy atom. The van der Waals surface area contributed by atoms with E-state index in [9.17, 15) is 19.1 Å². The van der Waals surface area contributed by atoms with Gasteiger partial charge in [-0.15, -0.1) is 0 Å². The van der Waals surface area contributed by atoms with Gasteiger partial charge in [0.2, 0.25) is 0 Å². The lowest BCUT2D eigenvalue weighted by Gasteiger charge is -2.25. The van der Waals surface area contributed by atoms with Crippen LogP contribution in [0.3, 0.4) is 0 Å². The Kier molecular flexibility index (Phi) is 9.42. The fourth-order valence-electron chi connectivity index (χ4n) is 3.31. The van der Waals surface area contributed by atoms with E-state index in [1.165, 1.54) is 32.2 Å². The number of benzene rings is 1. The van der Waals surface area contributed by atoms with Gasteiger partial charge in [-0.25, -0.2) is 9.18 Å².